The summed E-state index contributed by atoms with van der Waals surface area (Å²) in [6.07, 6.45) is 0.168. The Morgan fingerprint density at radius 2 is 2.31 bits per heavy atom. The number of aliphatic hydroxyl groups is 2. The van der Waals surface area contributed by atoms with Crippen molar-refractivity contribution in [3.8, 4) is 0 Å². The molecule has 0 aromatic carbocycles. The van der Waals surface area contributed by atoms with Gasteiger partial charge in [0.15, 0.2) is 0 Å². The lowest BCUT2D eigenvalue weighted by Gasteiger charge is -2.29. The van der Waals surface area contributed by atoms with Crippen molar-refractivity contribution in [2.24, 2.45) is 0 Å². The average molecular weight is 184 g/mol. The zero-order chi connectivity index (χ0) is 9.47. The van der Waals surface area contributed by atoms with Gasteiger partial charge in [-0.15, -0.1) is 0 Å². The molecule has 2 aliphatic rings. The molecule has 13 heavy (non-hydrogen) atoms. The topological polar surface area (TPSA) is 58.9 Å². The zero-order valence-electron chi connectivity index (χ0n) is 7.35. The molecule has 2 rings (SSSR count). The lowest BCUT2D eigenvalue weighted by Crippen LogP contribution is -2.48. The standard InChI is InChI=1S/C8H13BO4/c9-7-8(2-1-3-12-8)6(11)5(4-10)13-7/h5-7,10-11H,1-4H2. The summed E-state index contributed by atoms with van der Waals surface area (Å²) in [4.78, 5) is 0. The Morgan fingerprint density at radius 1 is 1.54 bits per heavy atom. The van der Waals surface area contributed by atoms with Gasteiger partial charge < -0.3 is 19.7 Å². The molecule has 0 bridgehead atoms. The highest BCUT2D eigenvalue weighted by atomic mass is 16.6. The quantitative estimate of drug-likeness (QED) is 0.501. The molecular weight excluding hydrogens is 171 g/mol. The summed E-state index contributed by atoms with van der Waals surface area (Å²) in [6, 6.07) is -0.623. The zero-order valence-corrected chi connectivity index (χ0v) is 7.35. The summed E-state index contributed by atoms with van der Waals surface area (Å²) in [7, 11) is 5.71. The minimum absolute atomic E-state index is 0.222. The minimum Gasteiger partial charge on any atom is -0.394 e. The van der Waals surface area contributed by atoms with Crippen molar-refractivity contribution in [3.05, 3.63) is 0 Å². The molecule has 2 fully saturated rings. The van der Waals surface area contributed by atoms with E-state index in [1.54, 1.807) is 0 Å². The Bertz CT molecular complexity index is 193. The molecule has 4 atom stereocenters. The molecule has 1 spiro atoms. The lowest BCUT2D eigenvalue weighted by atomic mass is 9.78. The Balaban J connectivity index is 2.18. The molecular formula is C8H13BO4. The van der Waals surface area contributed by atoms with Crippen LogP contribution in [-0.4, -0.2) is 55.1 Å². The minimum atomic E-state index is -0.810. The van der Waals surface area contributed by atoms with E-state index in [1.807, 2.05) is 0 Å². The Labute approximate surface area is 78.2 Å². The maximum Gasteiger partial charge on any atom is 0.114 e. The van der Waals surface area contributed by atoms with Crippen LogP contribution in [0.5, 0.6) is 0 Å². The second-order valence-electron chi connectivity index (χ2n) is 3.63. The number of rotatable bonds is 1. The van der Waals surface area contributed by atoms with E-state index >= 15 is 0 Å². The van der Waals surface area contributed by atoms with Crippen molar-refractivity contribution in [2.45, 2.75) is 36.7 Å². The molecule has 2 heterocycles. The molecule has 4 unspecified atom stereocenters. The molecule has 0 saturated carbocycles. The van der Waals surface area contributed by atoms with Crippen LogP contribution in [0, 0.1) is 0 Å². The summed E-state index contributed by atoms with van der Waals surface area (Å²) in [6.45, 7) is 0.381. The smallest absolute Gasteiger partial charge is 0.114 e. The van der Waals surface area contributed by atoms with Crippen molar-refractivity contribution in [3.63, 3.8) is 0 Å². The second kappa shape index (κ2) is 3.24. The highest BCUT2D eigenvalue weighted by molar-refractivity contribution is 6.12. The monoisotopic (exact) mass is 184 g/mol. The van der Waals surface area contributed by atoms with Crippen LogP contribution in [0.15, 0.2) is 0 Å². The Morgan fingerprint density at radius 3 is 2.77 bits per heavy atom. The van der Waals surface area contributed by atoms with Crippen molar-refractivity contribution in [1.29, 1.82) is 0 Å². The summed E-state index contributed by atoms with van der Waals surface area (Å²) in [5.41, 5.74) is -0.770. The fraction of sp³-hybridized carbons (Fsp3) is 1.00. The van der Waals surface area contributed by atoms with E-state index in [0.29, 0.717) is 13.0 Å². The fourth-order valence-electron chi connectivity index (χ4n) is 2.14. The maximum atomic E-state index is 9.82. The number of aliphatic hydroxyl groups excluding tert-OH is 2. The summed E-state index contributed by atoms with van der Waals surface area (Å²) < 4.78 is 10.7. The van der Waals surface area contributed by atoms with E-state index in [0.717, 1.165) is 6.42 Å². The predicted octanol–water partition coefficient (Wildman–Crippen LogP) is -1.22. The molecule has 72 valence electrons. The van der Waals surface area contributed by atoms with Gasteiger partial charge in [0.1, 0.15) is 25.7 Å². The molecule has 0 aromatic rings. The van der Waals surface area contributed by atoms with Crippen LogP contribution in [0.1, 0.15) is 12.8 Å². The van der Waals surface area contributed by atoms with Gasteiger partial charge in [-0.2, -0.15) is 0 Å². The molecule has 2 N–H and O–H groups in total. The normalized spacial score (nSPS) is 50.5. The van der Waals surface area contributed by atoms with Crippen LogP contribution in [0.3, 0.4) is 0 Å². The largest absolute Gasteiger partial charge is 0.394 e. The van der Waals surface area contributed by atoms with Gasteiger partial charge in [0.25, 0.3) is 0 Å². The SMILES string of the molecule is [B]C1OC(CO)C(O)C12CCCO2. The highest BCUT2D eigenvalue weighted by Gasteiger charge is 2.55. The maximum absolute atomic E-state index is 9.82. The first kappa shape index (κ1) is 9.46. The first-order chi connectivity index (χ1) is 6.20. The molecule has 0 aromatic heterocycles. The van der Waals surface area contributed by atoms with Gasteiger partial charge in [0.05, 0.1) is 6.61 Å². The van der Waals surface area contributed by atoms with Crippen molar-refractivity contribution < 1.29 is 19.7 Å². The molecule has 4 nitrogen and oxygen atoms in total. The number of hydrogen-bond donors (Lipinski definition) is 2. The first-order valence-corrected chi connectivity index (χ1v) is 4.54. The van der Waals surface area contributed by atoms with Gasteiger partial charge in [0.2, 0.25) is 0 Å². The molecule has 0 aliphatic carbocycles. The molecule has 5 heteroatoms. The summed E-state index contributed by atoms with van der Waals surface area (Å²) >= 11 is 0. The van der Waals surface area contributed by atoms with Crippen molar-refractivity contribution in [2.75, 3.05) is 13.2 Å². The third-order valence-electron chi connectivity index (χ3n) is 2.92. The third-order valence-corrected chi connectivity index (χ3v) is 2.92. The highest BCUT2D eigenvalue weighted by Crippen LogP contribution is 2.40. The van der Waals surface area contributed by atoms with Gasteiger partial charge in [0, 0.05) is 12.6 Å². The van der Waals surface area contributed by atoms with Gasteiger partial charge >= 0.3 is 0 Å². The van der Waals surface area contributed by atoms with E-state index in [1.165, 1.54) is 0 Å². The third kappa shape index (κ3) is 1.22. The Kier molecular flexibility index (Phi) is 2.36. The van der Waals surface area contributed by atoms with Crippen LogP contribution in [-0.2, 0) is 9.47 Å². The predicted molar refractivity (Wildman–Crippen MR) is 45.4 cm³/mol. The Hall–Kier alpha value is -0.0951. The number of ether oxygens (including phenoxy) is 2. The molecule has 0 amide bonds. The van der Waals surface area contributed by atoms with Gasteiger partial charge in [-0.3, -0.25) is 0 Å². The molecule has 2 saturated heterocycles. The van der Waals surface area contributed by atoms with Gasteiger partial charge in [-0.1, -0.05) is 0 Å². The molecule has 2 radical (unpaired) electrons. The fourth-order valence-corrected chi connectivity index (χ4v) is 2.14. The van der Waals surface area contributed by atoms with Crippen LogP contribution >= 0.6 is 0 Å². The van der Waals surface area contributed by atoms with Crippen molar-refractivity contribution in [1.82, 2.24) is 0 Å². The van der Waals surface area contributed by atoms with Crippen LogP contribution < -0.4 is 0 Å². The first-order valence-electron chi connectivity index (χ1n) is 4.54. The van der Waals surface area contributed by atoms with E-state index in [4.69, 9.17) is 22.4 Å². The van der Waals surface area contributed by atoms with Crippen LogP contribution in [0.25, 0.3) is 0 Å². The van der Waals surface area contributed by atoms with E-state index in [-0.39, 0.29) is 6.61 Å². The lowest BCUT2D eigenvalue weighted by molar-refractivity contribution is -0.0761. The van der Waals surface area contributed by atoms with Gasteiger partial charge in [-0.25, -0.2) is 0 Å². The molecule has 2 aliphatic heterocycles. The van der Waals surface area contributed by atoms with Crippen LogP contribution in [0.2, 0.25) is 0 Å². The van der Waals surface area contributed by atoms with E-state index in [2.05, 4.69) is 0 Å². The second-order valence-corrected chi connectivity index (χ2v) is 3.63. The average Bonchev–Trinajstić information content (AvgIpc) is 2.69. The van der Waals surface area contributed by atoms with Gasteiger partial charge in [-0.05, 0) is 12.8 Å². The summed E-state index contributed by atoms with van der Waals surface area (Å²) in [5.74, 6) is 0. The number of hydrogen-bond acceptors (Lipinski definition) is 4. The van der Waals surface area contributed by atoms with E-state index < -0.39 is 23.8 Å². The summed E-state index contributed by atoms with van der Waals surface area (Å²) in [5, 5.41) is 18.7. The van der Waals surface area contributed by atoms with E-state index in [9.17, 15) is 5.11 Å². The van der Waals surface area contributed by atoms with Crippen molar-refractivity contribution >= 4 is 7.85 Å². The van der Waals surface area contributed by atoms with Crippen LogP contribution in [0.4, 0.5) is 0 Å².